The quantitative estimate of drug-likeness (QED) is 0.0592. The van der Waals surface area contributed by atoms with Crippen LogP contribution < -0.4 is 34.6 Å². The van der Waals surface area contributed by atoms with Gasteiger partial charge in [0, 0.05) is 52.2 Å². The third-order valence-electron chi connectivity index (χ3n) is 17.1. The molecule has 6 nitrogen and oxygen atoms in total. The molecule has 3 aromatic heterocycles. The van der Waals surface area contributed by atoms with E-state index in [0.29, 0.717) is 11.5 Å². The van der Waals surface area contributed by atoms with Crippen molar-refractivity contribution >= 4 is 101 Å². The van der Waals surface area contributed by atoms with Gasteiger partial charge in [-0.05, 0) is 100 Å². The average Bonchev–Trinajstić information content (AvgIpc) is 1.56. The summed E-state index contributed by atoms with van der Waals surface area (Å²) in [6.45, 7) is 20.5. The summed E-state index contributed by atoms with van der Waals surface area (Å²) in [6.07, 6.45) is 1.93. The SMILES string of the molecule is CC(C)(C)c1cc([N+]2=C=[N+](c3[c-]c(Oc4[c-]c5c(cc4)c4cc([Si](c6ccccc6)(c6ccccc6)c6ccccc6)ccc4n5-c4cc(C(C)(C)C)ccn4)ccc3)c3cccc(-n4c5ccccc5c5ccccc54)c32)cc(C(C)(C)C)c1.[Pt+2]. The van der Waals surface area contributed by atoms with Gasteiger partial charge in [-0.3, -0.25) is 0 Å². The Kier molecular flexibility index (Phi) is 14.1. The van der Waals surface area contributed by atoms with Crippen molar-refractivity contribution in [2.75, 3.05) is 0 Å². The Morgan fingerprint density at radius 1 is 0.430 bits per heavy atom. The van der Waals surface area contributed by atoms with Gasteiger partial charge in [0.15, 0.2) is 8.07 Å². The molecule has 0 bridgehead atoms. The van der Waals surface area contributed by atoms with Crippen LogP contribution in [0.25, 0.3) is 55.1 Å². The van der Waals surface area contributed by atoms with Gasteiger partial charge in [0.05, 0.1) is 11.0 Å². The number of ether oxygens (including phenoxy) is 1. The van der Waals surface area contributed by atoms with Crippen LogP contribution in [0.2, 0.25) is 0 Å². The van der Waals surface area contributed by atoms with E-state index in [1.165, 1.54) is 48.2 Å². The van der Waals surface area contributed by atoms with Gasteiger partial charge in [-0.15, -0.1) is 23.6 Å². The molecular weight excluding hydrogens is 1250 g/mol. The summed E-state index contributed by atoms with van der Waals surface area (Å²) in [4.78, 5) is 5.10. The molecule has 0 unspecified atom stereocenters. The minimum atomic E-state index is -2.87. The minimum absolute atomic E-state index is 0. The monoisotopic (exact) mass is 1310 g/mol. The molecule has 86 heavy (non-hydrogen) atoms. The Labute approximate surface area is 520 Å². The molecule has 0 spiro atoms. The Morgan fingerprint density at radius 2 is 0.977 bits per heavy atom. The van der Waals surface area contributed by atoms with Crippen molar-refractivity contribution in [3.63, 3.8) is 0 Å². The van der Waals surface area contributed by atoms with E-state index in [-0.39, 0.29) is 37.3 Å². The van der Waals surface area contributed by atoms with Gasteiger partial charge in [-0.1, -0.05) is 236 Å². The molecule has 1 aliphatic rings. The first kappa shape index (κ1) is 56.2. The van der Waals surface area contributed by atoms with Crippen molar-refractivity contribution in [1.29, 1.82) is 0 Å². The number of pyridine rings is 1. The van der Waals surface area contributed by atoms with Crippen LogP contribution in [-0.4, -0.2) is 28.2 Å². The second-order valence-corrected chi connectivity index (χ2v) is 29.5. The number of nitrogens with zero attached hydrogens (tertiary/aromatic N) is 5. The zero-order chi connectivity index (χ0) is 58.4. The normalized spacial score (nSPS) is 12.8. The fourth-order valence-corrected chi connectivity index (χ4v) is 17.5. The van der Waals surface area contributed by atoms with Crippen LogP contribution >= 0.6 is 0 Å². The first-order valence-corrected chi connectivity index (χ1v) is 31.5. The molecule has 422 valence electrons. The standard InChI is InChI=1S/C78H67N5OSi.Pt/c1-76(2,3)53-43-44-79-74(48-53)83-70-42-40-63(85(60-27-13-10-14-28-60,61-29-15-11-16-30-61)62-31-17-12-18-32-62)51-67(70)66-41-39-59(50-73(66)83)84-58-26-23-25-56(49-58)80-52-81(57-46-54(77(4,5)6)45-55(47-57)78(7,8)9)75-71(80)37-24-38-72(75)82-68-35-21-19-33-64(68)65-34-20-22-36-69(65)82;/h10-48,51H,1-9H3;/q;+2. The van der Waals surface area contributed by atoms with Crippen molar-refractivity contribution in [1.82, 2.24) is 23.3 Å². The Bertz CT molecular complexity index is 4660. The molecule has 14 rings (SSSR count). The van der Waals surface area contributed by atoms with E-state index in [1.807, 2.05) is 24.4 Å². The van der Waals surface area contributed by atoms with Crippen LogP contribution in [0.4, 0.5) is 22.7 Å². The number of para-hydroxylation sites is 3. The molecular formula is C78H67N5OPtSi+2. The van der Waals surface area contributed by atoms with E-state index < -0.39 is 8.07 Å². The van der Waals surface area contributed by atoms with E-state index in [0.717, 1.165) is 67.1 Å². The van der Waals surface area contributed by atoms with Crippen LogP contribution in [0, 0.1) is 12.1 Å². The van der Waals surface area contributed by atoms with E-state index in [1.54, 1.807) is 0 Å². The predicted molar refractivity (Wildman–Crippen MR) is 358 cm³/mol. The average molecular weight is 1310 g/mol. The third kappa shape index (κ3) is 9.60. The Hall–Kier alpha value is -8.96. The van der Waals surface area contributed by atoms with Crippen LogP contribution in [0.1, 0.15) is 79.0 Å². The molecule has 1 aliphatic heterocycles. The second-order valence-electron chi connectivity index (χ2n) is 25.7. The summed E-state index contributed by atoms with van der Waals surface area (Å²) in [7, 11) is -2.87. The molecule has 0 radical (unpaired) electrons. The largest absolute Gasteiger partial charge is 2.00 e. The van der Waals surface area contributed by atoms with Crippen molar-refractivity contribution < 1.29 is 25.8 Å². The van der Waals surface area contributed by atoms with Crippen LogP contribution in [-0.2, 0) is 37.3 Å². The van der Waals surface area contributed by atoms with Gasteiger partial charge in [-0.25, -0.2) is 4.98 Å². The number of benzene rings is 10. The zero-order valence-electron chi connectivity index (χ0n) is 50.1. The fraction of sp³-hybridized carbons (Fsp3) is 0.154. The summed E-state index contributed by atoms with van der Waals surface area (Å²) in [6, 6.07) is 97.7. The maximum Gasteiger partial charge on any atom is 2.00 e. The number of rotatable bonds is 10. The molecule has 0 amide bonds. The molecule has 10 aromatic carbocycles. The number of aromatic nitrogens is 3. The number of hydrogen-bond donors (Lipinski definition) is 0. The number of fused-ring (bicyclic) bond motifs is 7. The van der Waals surface area contributed by atoms with Gasteiger partial charge < -0.3 is 13.9 Å². The van der Waals surface area contributed by atoms with Crippen LogP contribution in [0.15, 0.2) is 243 Å². The van der Waals surface area contributed by atoms with E-state index >= 15 is 0 Å². The molecule has 13 aromatic rings. The smallest absolute Gasteiger partial charge is 0.509 e. The predicted octanol–water partition coefficient (Wildman–Crippen LogP) is 16.8. The number of hydrogen-bond acceptors (Lipinski definition) is 2. The van der Waals surface area contributed by atoms with Gasteiger partial charge in [0.25, 0.3) is 5.69 Å². The summed E-state index contributed by atoms with van der Waals surface area (Å²) in [5.41, 5.74) is 12.5. The molecule has 0 saturated carbocycles. The molecule has 0 atom stereocenters. The zero-order valence-corrected chi connectivity index (χ0v) is 53.3. The van der Waals surface area contributed by atoms with Crippen molar-refractivity contribution in [3.8, 4) is 23.0 Å². The summed E-state index contributed by atoms with van der Waals surface area (Å²) < 4.78 is 16.1. The van der Waals surface area contributed by atoms with Gasteiger partial charge in [-0.2, -0.15) is 12.1 Å². The van der Waals surface area contributed by atoms with Crippen molar-refractivity contribution in [2.24, 2.45) is 0 Å². The Balaban J connectivity index is 0.00000686. The maximum absolute atomic E-state index is 6.98. The first-order chi connectivity index (χ1) is 41.0. The summed E-state index contributed by atoms with van der Waals surface area (Å²) >= 11 is 0. The van der Waals surface area contributed by atoms with E-state index in [9.17, 15) is 0 Å². The van der Waals surface area contributed by atoms with Gasteiger partial charge >= 0.3 is 32.8 Å². The topological polar surface area (TPSA) is 38.0 Å². The van der Waals surface area contributed by atoms with Gasteiger partial charge in [0.1, 0.15) is 17.2 Å². The van der Waals surface area contributed by atoms with E-state index in [2.05, 4.69) is 317 Å². The maximum atomic E-state index is 6.98. The van der Waals surface area contributed by atoms with Crippen LogP contribution in [0.3, 0.4) is 0 Å². The van der Waals surface area contributed by atoms with Crippen molar-refractivity contribution in [2.45, 2.75) is 78.6 Å². The Morgan fingerprint density at radius 3 is 1.57 bits per heavy atom. The minimum Gasteiger partial charge on any atom is -0.509 e. The first-order valence-electron chi connectivity index (χ1n) is 29.5. The second kappa shape index (κ2) is 21.5. The molecule has 0 aliphatic carbocycles. The van der Waals surface area contributed by atoms with Gasteiger partial charge in [0.2, 0.25) is 5.69 Å². The molecule has 0 saturated heterocycles. The summed E-state index contributed by atoms with van der Waals surface area (Å²) in [5, 5.41) is 9.86. The van der Waals surface area contributed by atoms with E-state index in [4.69, 9.17) is 9.72 Å². The third-order valence-corrected chi connectivity index (χ3v) is 21.9. The van der Waals surface area contributed by atoms with Crippen molar-refractivity contribution in [3.05, 3.63) is 272 Å². The molecule has 0 N–H and O–H groups in total. The molecule has 8 heteroatoms. The molecule has 0 fully saturated rings. The molecule has 4 heterocycles. The van der Waals surface area contributed by atoms with Crippen LogP contribution in [0.5, 0.6) is 11.5 Å². The summed E-state index contributed by atoms with van der Waals surface area (Å²) in [5.74, 6) is 1.95. The fourth-order valence-electron chi connectivity index (χ4n) is 12.7.